The predicted molar refractivity (Wildman–Crippen MR) is 198 cm³/mol. The van der Waals surface area contributed by atoms with E-state index in [4.69, 9.17) is 18.9 Å². The van der Waals surface area contributed by atoms with Gasteiger partial charge in [-0.25, -0.2) is 18.0 Å². The topological polar surface area (TPSA) is 132 Å². The summed E-state index contributed by atoms with van der Waals surface area (Å²) in [7, 11) is -0.663. The van der Waals surface area contributed by atoms with Gasteiger partial charge in [0.15, 0.2) is 27.9 Å². The molecule has 0 saturated carbocycles. The minimum atomic E-state index is -4.27. The number of nitrogens with zero attached hydrogens (tertiary/aromatic N) is 1. The molecule has 0 N–H and O–H groups in total. The summed E-state index contributed by atoms with van der Waals surface area (Å²) in [5.74, 6) is 0.355. The third-order valence-corrected chi connectivity index (χ3v) is 9.61. The number of hydrogen-bond donors (Lipinski definition) is 0. The van der Waals surface area contributed by atoms with Crippen LogP contribution in [0, 0.1) is 6.92 Å². The molecule has 0 aliphatic carbocycles. The van der Waals surface area contributed by atoms with Crippen LogP contribution >= 0.6 is 0 Å². The molecule has 0 fully saturated rings. The average molecular weight is 738 g/mol. The molecule has 0 bridgehead atoms. The van der Waals surface area contributed by atoms with Gasteiger partial charge in [0.25, 0.3) is 0 Å². The van der Waals surface area contributed by atoms with Gasteiger partial charge in [-0.05, 0) is 121 Å². The fourth-order valence-electron chi connectivity index (χ4n) is 4.37. The van der Waals surface area contributed by atoms with Crippen molar-refractivity contribution in [3.63, 3.8) is 0 Å². The predicted octanol–water partition coefficient (Wildman–Crippen LogP) is 7.19. The van der Waals surface area contributed by atoms with Gasteiger partial charge >= 0.3 is 11.9 Å². The Kier molecular flexibility index (Phi) is 14.1. The molecule has 0 spiro atoms. The Morgan fingerprint density at radius 2 is 1.10 bits per heavy atom. The second kappa shape index (κ2) is 17.6. The minimum Gasteiger partial charge on any atom is -0.744 e. The maximum absolute atomic E-state index is 12.1. The van der Waals surface area contributed by atoms with E-state index in [0.717, 1.165) is 25.9 Å². The van der Waals surface area contributed by atoms with Gasteiger partial charge < -0.3 is 28.4 Å². The fourth-order valence-corrected chi connectivity index (χ4v) is 6.93. The molecule has 10 nitrogen and oxygen atoms in total. The molecule has 4 rings (SSSR count). The number of benzene rings is 4. The van der Waals surface area contributed by atoms with Crippen LogP contribution in [0.25, 0.3) is 0 Å². The Morgan fingerprint density at radius 3 is 1.47 bits per heavy atom. The van der Waals surface area contributed by atoms with Crippen LogP contribution in [0.2, 0.25) is 0 Å². The minimum absolute atomic E-state index is 0.155. The highest BCUT2D eigenvalue weighted by molar-refractivity contribution is 7.97. The van der Waals surface area contributed by atoms with Crippen molar-refractivity contribution in [2.75, 3.05) is 32.2 Å². The first-order chi connectivity index (χ1) is 23.7. The van der Waals surface area contributed by atoms with E-state index in [9.17, 15) is 22.6 Å². The zero-order valence-electron chi connectivity index (χ0n) is 30.6. The highest BCUT2D eigenvalue weighted by atomic mass is 32.2. The van der Waals surface area contributed by atoms with Crippen LogP contribution in [0.15, 0.2) is 117 Å². The number of esters is 2. The van der Waals surface area contributed by atoms with Crippen LogP contribution in [-0.4, -0.2) is 63.4 Å². The molecule has 4 aromatic rings. The summed E-state index contributed by atoms with van der Waals surface area (Å²) in [5.41, 5.74) is 0.911. The first-order valence-corrected chi connectivity index (χ1v) is 18.8. The van der Waals surface area contributed by atoms with E-state index in [-0.39, 0.29) is 18.1 Å². The maximum atomic E-state index is 12.1. The van der Waals surface area contributed by atoms with Crippen molar-refractivity contribution in [1.29, 1.82) is 0 Å². The van der Waals surface area contributed by atoms with Gasteiger partial charge in [-0.3, -0.25) is 0 Å². The van der Waals surface area contributed by atoms with Crippen LogP contribution in [0.5, 0.6) is 11.5 Å². The Morgan fingerprint density at radius 1 is 0.667 bits per heavy atom. The maximum Gasteiger partial charge on any atom is 0.344 e. The number of carbonyl (C=O) groups excluding carboxylic acids is 2. The Balaban J connectivity index is 0.000000542. The standard InChI is InChI=1S/C32H40NO6S.C7H8O3S/c1-31(2,3)38-29(34)21-36-24-12-16-26(17-13-24)40(28-11-9-10-23(20-28)33(7)8)27-18-14-25(15-19-27)37-22-30(35)39-32(4,5)6;1-6-2-4-7(5-3-6)11(8,9)10/h9-20H,21-22H2,1-8H3;2-5H,1H3,(H,8,9,10)/q+1;/p-1. The van der Waals surface area contributed by atoms with E-state index in [0.29, 0.717) is 11.5 Å². The molecule has 274 valence electrons. The molecule has 0 saturated heterocycles. The molecule has 0 aliphatic heterocycles. The lowest BCUT2D eigenvalue weighted by Crippen LogP contribution is -2.27. The lowest BCUT2D eigenvalue weighted by atomic mass is 10.2. The first kappa shape index (κ1) is 40.9. The van der Waals surface area contributed by atoms with Crippen LogP contribution in [-0.2, 0) is 40.1 Å². The van der Waals surface area contributed by atoms with E-state index < -0.39 is 44.2 Å². The molecule has 4 aromatic carbocycles. The molecular formula is C39H47NO9S2. The number of carbonyl (C=O) groups is 2. The van der Waals surface area contributed by atoms with E-state index in [1.54, 1.807) is 12.1 Å². The molecule has 12 heteroatoms. The average Bonchev–Trinajstić information content (AvgIpc) is 3.03. The third kappa shape index (κ3) is 14.3. The second-order valence-corrected chi connectivity index (χ2v) is 17.1. The second-order valence-electron chi connectivity index (χ2n) is 13.7. The number of hydrogen-bond acceptors (Lipinski definition) is 10. The largest absolute Gasteiger partial charge is 0.744 e. The van der Waals surface area contributed by atoms with Crippen molar-refractivity contribution >= 4 is 38.6 Å². The molecule has 0 aliphatic rings. The van der Waals surface area contributed by atoms with Gasteiger partial charge in [0.2, 0.25) is 0 Å². The zero-order chi connectivity index (χ0) is 38.0. The lowest BCUT2D eigenvalue weighted by Gasteiger charge is -2.19. The van der Waals surface area contributed by atoms with Crippen molar-refractivity contribution in [3.8, 4) is 11.5 Å². The van der Waals surface area contributed by atoms with Gasteiger partial charge in [-0.15, -0.1) is 0 Å². The van der Waals surface area contributed by atoms with Crippen molar-refractivity contribution in [1.82, 2.24) is 0 Å². The number of rotatable bonds is 11. The fraction of sp³-hybridized carbons (Fsp3) is 0.333. The first-order valence-electron chi connectivity index (χ1n) is 16.1. The normalized spacial score (nSPS) is 11.6. The van der Waals surface area contributed by atoms with E-state index in [1.165, 1.54) is 12.1 Å². The van der Waals surface area contributed by atoms with Gasteiger partial charge in [0, 0.05) is 25.8 Å². The van der Waals surface area contributed by atoms with E-state index in [2.05, 4.69) is 29.2 Å². The monoisotopic (exact) mass is 737 g/mol. The summed E-state index contributed by atoms with van der Waals surface area (Å²) in [5, 5.41) is 0. The quantitative estimate of drug-likeness (QED) is 0.0886. The van der Waals surface area contributed by atoms with Crippen LogP contribution in [0.4, 0.5) is 5.69 Å². The molecule has 0 radical (unpaired) electrons. The summed E-state index contributed by atoms with van der Waals surface area (Å²) in [4.78, 5) is 29.3. The van der Waals surface area contributed by atoms with Crippen molar-refractivity contribution in [2.24, 2.45) is 0 Å². The summed E-state index contributed by atoms with van der Waals surface area (Å²) in [6.45, 7) is 12.5. The molecular weight excluding hydrogens is 691 g/mol. The Bertz CT molecular complexity index is 1770. The molecule has 0 unspecified atom stereocenters. The van der Waals surface area contributed by atoms with E-state index >= 15 is 0 Å². The zero-order valence-corrected chi connectivity index (χ0v) is 32.2. The smallest absolute Gasteiger partial charge is 0.344 e. The van der Waals surface area contributed by atoms with Crippen molar-refractivity contribution < 1.29 is 41.5 Å². The summed E-state index contributed by atoms with van der Waals surface area (Å²) >= 11 is 0. The summed E-state index contributed by atoms with van der Waals surface area (Å²) in [6.07, 6.45) is 0. The molecule has 0 amide bonds. The molecule has 0 atom stereocenters. The lowest BCUT2D eigenvalue weighted by molar-refractivity contribution is -0.158. The highest BCUT2D eigenvalue weighted by Crippen LogP contribution is 2.34. The third-order valence-electron chi connectivity index (χ3n) is 6.55. The SMILES string of the molecule is CN(C)c1cccc([S+](c2ccc(OCC(=O)OC(C)(C)C)cc2)c2ccc(OCC(=O)OC(C)(C)C)cc2)c1.Cc1ccc(S(=O)(=O)[O-])cc1. The van der Waals surface area contributed by atoms with Crippen LogP contribution < -0.4 is 14.4 Å². The molecule has 0 heterocycles. The summed E-state index contributed by atoms with van der Waals surface area (Å²) in [6, 6.07) is 29.8. The molecule has 51 heavy (non-hydrogen) atoms. The van der Waals surface area contributed by atoms with E-state index in [1.807, 2.05) is 111 Å². The van der Waals surface area contributed by atoms with Crippen molar-refractivity contribution in [3.05, 3.63) is 103 Å². The highest BCUT2D eigenvalue weighted by Gasteiger charge is 2.29. The summed E-state index contributed by atoms with van der Waals surface area (Å²) < 4.78 is 53.2. The number of aryl methyl sites for hydroxylation is 1. The molecule has 0 aromatic heterocycles. The van der Waals surface area contributed by atoms with Gasteiger partial charge in [-0.2, -0.15) is 0 Å². The van der Waals surface area contributed by atoms with Gasteiger partial charge in [-0.1, -0.05) is 23.8 Å². The van der Waals surface area contributed by atoms with Crippen molar-refractivity contribution in [2.45, 2.75) is 79.3 Å². The van der Waals surface area contributed by atoms with Gasteiger partial charge in [0.1, 0.15) is 32.8 Å². The van der Waals surface area contributed by atoms with Gasteiger partial charge in [0.05, 0.1) is 15.8 Å². The Hall–Kier alpha value is -4.52. The van der Waals surface area contributed by atoms with Crippen LogP contribution in [0.3, 0.4) is 0 Å². The number of ether oxygens (including phenoxy) is 4. The van der Waals surface area contributed by atoms with Crippen LogP contribution in [0.1, 0.15) is 47.1 Å². The Labute approximate surface area is 304 Å². The number of anilines is 1.